The van der Waals surface area contributed by atoms with E-state index in [1.165, 1.54) is 30.3 Å². The summed E-state index contributed by atoms with van der Waals surface area (Å²) in [5, 5.41) is 8.71. The number of rotatable bonds is 1. The van der Waals surface area contributed by atoms with E-state index in [-0.39, 0.29) is 22.6 Å². The minimum Gasteiger partial charge on any atom is -0.383 e. The van der Waals surface area contributed by atoms with Crippen LogP contribution >= 0.6 is 0 Å². The van der Waals surface area contributed by atoms with Crippen LogP contribution in [0.1, 0.15) is 11.1 Å². The van der Waals surface area contributed by atoms with Crippen molar-refractivity contribution in [1.29, 1.82) is 5.26 Å². The topological polar surface area (TPSA) is 62.7 Å². The van der Waals surface area contributed by atoms with E-state index in [1.54, 1.807) is 0 Å². The van der Waals surface area contributed by atoms with E-state index in [1.807, 2.05) is 6.07 Å². The summed E-state index contributed by atoms with van der Waals surface area (Å²) in [6.45, 7) is 0. The van der Waals surface area contributed by atoms with Gasteiger partial charge in [0.2, 0.25) is 0 Å². The van der Waals surface area contributed by atoms with Crippen molar-refractivity contribution in [1.82, 2.24) is 4.98 Å². The maximum absolute atomic E-state index is 12.9. The highest BCUT2D eigenvalue weighted by Gasteiger charge is 2.33. The second-order valence-corrected chi connectivity index (χ2v) is 3.78. The lowest BCUT2D eigenvalue weighted by Gasteiger charge is -2.12. The van der Waals surface area contributed by atoms with Crippen molar-refractivity contribution in [3.63, 3.8) is 0 Å². The molecule has 1 aromatic carbocycles. The van der Waals surface area contributed by atoms with Gasteiger partial charge in [-0.05, 0) is 18.2 Å². The summed E-state index contributed by atoms with van der Waals surface area (Å²) in [4.78, 5) is 3.84. The molecular weight excluding hydrogens is 255 g/mol. The van der Waals surface area contributed by atoms with Crippen LogP contribution in [0.2, 0.25) is 0 Å². The van der Waals surface area contributed by atoms with Gasteiger partial charge in [-0.1, -0.05) is 18.2 Å². The first-order valence-electron chi connectivity index (χ1n) is 5.26. The Morgan fingerprint density at radius 2 is 1.79 bits per heavy atom. The summed E-state index contributed by atoms with van der Waals surface area (Å²) in [5.41, 5.74) is 4.88. The van der Waals surface area contributed by atoms with Crippen LogP contribution in [0, 0.1) is 11.3 Å². The Hall–Kier alpha value is -2.55. The second-order valence-electron chi connectivity index (χ2n) is 3.78. The number of halogens is 3. The zero-order valence-electron chi connectivity index (χ0n) is 9.57. The van der Waals surface area contributed by atoms with Gasteiger partial charge in [-0.25, -0.2) is 4.98 Å². The van der Waals surface area contributed by atoms with Gasteiger partial charge in [-0.3, -0.25) is 0 Å². The van der Waals surface area contributed by atoms with Gasteiger partial charge in [0.05, 0.1) is 16.8 Å². The molecule has 0 bridgehead atoms. The normalized spacial score (nSPS) is 11.1. The number of nitrogen functional groups attached to an aromatic ring is 1. The number of hydrogen-bond donors (Lipinski definition) is 1. The number of nitriles is 1. The summed E-state index contributed by atoms with van der Waals surface area (Å²) >= 11 is 0. The molecule has 1 heterocycles. The number of nitrogens with zero attached hydrogens (tertiary/aromatic N) is 2. The largest absolute Gasteiger partial charge is 0.417 e. The molecule has 1 aromatic heterocycles. The molecule has 0 aliphatic carbocycles. The molecule has 0 fully saturated rings. The van der Waals surface area contributed by atoms with Crippen LogP contribution in [0.15, 0.2) is 36.4 Å². The van der Waals surface area contributed by atoms with Gasteiger partial charge < -0.3 is 5.73 Å². The summed E-state index contributed by atoms with van der Waals surface area (Å²) in [6, 6.07) is 9.59. The van der Waals surface area contributed by atoms with Gasteiger partial charge in [-0.15, -0.1) is 0 Å². The molecule has 6 heteroatoms. The van der Waals surface area contributed by atoms with Gasteiger partial charge in [-0.2, -0.15) is 18.4 Å². The van der Waals surface area contributed by atoms with Crippen molar-refractivity contribution >= 4 is 5.82 Å². The third-order valence-corrected chi connectivity index (χ3v) is 2.55. The van der Waals surface area contributed by atoms with E-state index < -0.39 is 11.7 Å². The lowest BCUT2D eigenvalue weighted by Crippen LogP contribution is -2.07. The first-order chi connectivity index (χ1) is 8.93. The van der Waals surface area contributed by atoms with E-state index in [0.29, 0.717) is 0 Å². The van der Waals surface area contributed by atoms with Crippen LogP contribution < -0.4 is 5.73 Å². The van der Waals surface area contributed by atoms with Gasteiger partial charge in [0.25, 0.3) is 0 Å². The number of pyridine rings is 1. The fourth-order valence-electron chi connectivity index (χ4n) is 1.67. The predicted molar refractivity (Wildman–Crippen MR) is 63.8 cm³/mol. The summed E-state index contributed by atoms with van der Waals surface area (Å²) in [7, 11) is 0. The second kappa shape index (κ2) is 4.61. The third kappa shape index (κ3) is 2.50. The first-order valence-corrected chi connectivity index (χ1v) is 5.26. The Kier molecular flexibility index (Phi) is 3.13. The van der Waals surface area contributed by atoms with E-state index in [4.69, 9.17) is 11.0 Å². The minimum absolute atomic E-state index is 0.0637. The van der Waals surface area contributed by atoms with Crippen molar-refractivity contribution in [2.24, 2.45) is 0 Å². The standard InChI is InChI=1S/C13H8F3N3/c14-13(15,16)10-4-2-1-3-9(10)11-6-5-8(7-17)12(18)19-11/h1-6H,(H2,18,19). The first kappa shape index (κ1) is 12.9. The molecule has 0 amide bonds. The molecule has 2 N–H and O–H groups in total. The highest BCUT2D eigenvalue weighted by Crippen LogP contribution is 2.36. The number of alkyl halides is 3. The molecular formula is C13H8F3N3. The number of benzene rings is 1. The maximum atomic E-state index is 12.9. The van der Waals surface area contributed by atoms with Gasteiger partial charge in [0.1, 0.15) is 11.9 Å². The zero-order chi connectivity index (χ0) is 14.0. The molecule has 0 atom stereocenters. The Bertz CT molecular complexity index is 657. The van der Waals surface area contributed by atoms with Gasteiger partial charge in [0, 0.05) is 5.56 Å². The molecule has 0 spiro atoms. The number of aromatic nitrogens is 1. The van der Waals surface area contributed by atoms with Gasteiger partial charge >= 0.3 is 6.18 Å². The fraction of sp³-hybridized carbons (Fsp3) is 0.0769. The average molecular weight is 263 g/mol. The van der Waals surface area contributed by atoms with Crippen LogP contribution in [0.25, 0.3) is 11.3 Å². The van der Waals surface area contributed by atoms with Gasteiger partial charge in [0.15, 0.2) is 0 Å². The highest BCUT2D eigenvalue weighted by atomic mass is 19.4. The summed E-state index contributed by atoms with van der Waals surface area (Å²) in [5.74, 6) is -0.0861. The van der Waals surface area contributed by atoms with Crippen molar-refractivity contribution in [2.75, 3.05) is 5.73 Å². The Morgan fingerprint density at radius 1 is 1.11 bits per heavy atom. The fourth-order valence-corrected chi connectivity index (χ4v) is 1.67. The summed E-state index contributed by atoms with van der Waals surface area (Å²) in [6.07, 6.45) is -4.47. The van der Waals surface area contributed by atoms with Crippen molar-refractivity contribution < 1.29 is 13.2 Å². The minimum atomic E-state index is -4.47. The SMILES string of the molecule is N#Cc1ccc(-c2ccccc2C(F)(F)F)nc1N. The monoisotopic (exact) mass is 263 g/mol. The molecule has 0 aliphatic heterocycles. The molecule has 19 heavy (non-hydrogen) atoms. The number of hydrogen-bond acceptors (Lipinski definition) is 3. The molecule has 0 unspecified atom stereocenters. The Balaban J connectivity index is 2.61. The lowest BCUT2D eigenvalue weighted by atomic mass is 10.0. The smallest absolute Gasteiger partial charge is 0.383 e. The maximum Gasteiger partial charge on any atom is 0.417 e. The zero-order valence-corrected chi connectivity index (χ0v) is 9.57. The molecule has 3 nitrogen and oxygen atoms in total. The molecule has 96 valence electrons. The Labute approximate surface area is 107 Å². The van der Waals surface area contributed by atoms with Crippen molar-refractivity contribution in [3.05, 3.63) is 47.5 Å². The molecule has 0 radical (unpaired) electrons. The number of anilines is 1. The highest BCUT2D eigenvalue weighted by molar-refractivity contribution is 5.67. The molecule has 0 saturated heterocycles. The van der Waals surface area contributed by atoms with E-state index in [0.717, 1.165) is 6.07 Å². The molecule has 2 aromatic rings. The molecule has 2 rings (SSSR count). The lowest BCUT2D eigenvalue weighted by molar-refractivity contribution is -0.137. The number of nitrogens with two attached hydrogens (primary N) is 1. The van der Waals surface area contributed by atoms with E-state index >= 15 is 0 Å². The third-order valence-electron chi connectivity index (χ3n) is 2.55. The molecule has 0 saturated carbocycles. The van der Waals surface area contributed by atoms with Crippen molar-refractivity contribution in [2.45, 2.75) is 6.18 Å². The van der Waals surface area contributed by atoms with Crippen LogP contribution in [0.4, 0.5) is 19.0 Å². The predicted octanol–water partition coefficient (Wildman–Crippen LogP) is 3.22. The average Bonchev–Trinajstić information content (AvgIpc) is 2.37. The van der Waals surface area contributed by atoms with Crippen LogP contribution in [0.3, 0.4) is 0 Å². The quantitative estimate of drug-likeness (QED) is 0.859. The van der Waals surface area contributed by atoms with E-state index in [2.05, 4.69) is 4.98 Å². The summed E-state index contributed by atoms with van der Waals surface area (Å²) < 4.78 is 38.6. The van der Waals surface area contributed by atoms with E-state index in [9.17, 15) is 13.2 Å². The van der Waals surface area contributed by atoms with Crippen LogP contribution in [-0.4, -0.2) is 4.98 Å². The molecule has 0 aliphatic rings. The Morgan fingerprint density at radius 3 is 2.37 bits per heavy atom. The van der Waals surface area contributed by atoms with Crippen molar-refractivity contribution in [3.8, 4) is 17.3 Å². The van der Waals surface area contributed by atoms with Crippen LogP contribution in [-0.2, 0) is 6.18 Å². The van der Waals surface area contributed by atoms with Crippen LogP contribution in [0.5, 0.6) is 0 Å².